The first-order valence-corrected chi connectivity index (χ1v) is 21.2. The average molecular weight is 894 g/mol. The molecule has 55 heavy (non-hydrogen) atoms. The largest absolute Gasteiger partial charge is 0.352 e. The van der Waals surface area contributed by atoms with E-state index in [4.69, 9.17) is 44.3 Å². The monoisotopic (exact) mass is 892 g/mol. The van der Waals surface area contributed by atoms with Gasteiger partial charge in [-0.2, -0.15) is 0 Å². The highest BCUT2D eigenvalue weighted by atomic mass is 35.5. The number of hydrogen-bond donors (Lipinski definition) is 1. The number of thiol groups is 1. The Kier molecular flexibility index (Phi) is 24.6. The van der Waals surface area contributed by atoms with E-state index < -0.39 is 0 Å². The molecule has 0 saturated heterocycles. The molecule has 0 spiro atoms. The number of alkyl halides is 2. The zero-order chi connectivity index (χ0) is 40.6. The van der Waals surface area contributed by atoms with Gasteiger partial charge in [-0.05, 0) is 127 Å². The highest BCUT2D eigenvalue weighted by Crippen LogP contribution is 2.28. The number of ether oxygens (including phenoxy) is 2. The molecule has 2 heterocycles. The Labute approximate surface area is 351 Å². The Morgan fingerprint density at radius 1 is 0.727 bits per heavy atom. The van der Waals surface area contributed by atoms with Gasteiger partial charge in [-0.25, -0.2) is 17.6 Å². The molecule has 0 aliphatic rings. The molecule has 0 N–H and O–H groups in total. The maximum atomic E-state index is 13.0. The summed E-state index contributed by atoms with van der Waals surface area (Å²) in [6.07, 6.45) is 0.373. The summed E-state index contributed by atoms with van der Waals surface area (Å²) in [6, 6.07) is 23.6. The summed E-state index contributed by atoms with van der Waals surface area (Å²) in [4.78, 5) is 23.2. The quantitative estimate of drug-likeness (QED) is 0.0252. The topological polar surface area (TPSA) is 52.6 Å². The second-order valence-corrected chi connectivity index (χ2v) is 15.3. The molecule has 0 amide bonds. The number of ketones is 1. The highest BCUT2D eigenvalue weighted by Gasteiger charge is 2.12. The van der Waals surface area contributed by atoms with Crippen LogP contribution in [0.2, 0.25) is 0 Å². The lowest BCUT2D eigenvalue weighted by Gasteiger charge is -2.16. The molecule has 6 rings (SSSR count). The van der Waals surface area contributed by atoms with Crippen LogP contribution in [0.25, 0.3) is 20.2 Å². The van der Waals surface area contributed by atoms with Gasteiger partial charge < -0.3 is 9.47 Å². The molecule has 296 valence electrons. The molecule has 2 aromatic heterocycles. The van der Waals surface area contributed by atoms with Crippen molar-refractivity contribution in [2.75, 3.05) is 30.7 Å². The van der Waals surface area contributed by atoms with E-state index in [1.165, 1.54) is 53.8 Å². The standard InChI is InChI=1S/C12H17FO2S.C11H8ClFOS.C8H5FS.C6H5FS.C3H4Cl2O/c1-3-14-12(15-4-2)9-16-11-7-5-10(13)6-8-11;12-4-3-10(14)9-6-15-11-2-1-7(13)5-8(9)11;9-7-1-2-8-6(5-7)3-4-10-8;7-5-1-3-6(8)4-2-5;4-2-1-3(5)6/h5-8,12H,3-4,9H2,1-2H3;1-2,5-6H,3-4H2;1-5H;1-4,8H;1-2H2. The van der Waals surface area contributed by atoms with E-state index in [0.29, 0.717) is 48.1 Å². The molecule has 0 bridgehead atoms. The van der Waals surface area contributed by atoms with Crippen LogP contribution in [-0.4, -0.2) is 48.0 Å². The molecule has 0 aliphatic carbocycles. The number of carbonyl (C=O) groups is 2. The van der Waals surface area contributed by atoms with Gasteiger partial charge in [0.1, 0.15) is 23.3 Å². The summed E-state index contributed by atoms with van der Waals surface area (Å²) in [5.41, 5.74) is 0.579. The van der Waals surface area contributed by atoms with E-state index in [9.17, 15) is 27.2 Å². The van der Waals surface area contributed by atoms with Crippen LogP contribution in [0, 0.1) is 23.3 Å². The summed E-state index contributed by atoms with van der Waals surface area (Å²) >= 11 is 24.1. The lowest BCUT2D eigenvalue weighted by Crippen LogP contribution is -2.19. The number of benzene rings is 4. The zero-order valence-electron chi connectivity index (χ0n) is 29.8. The van der Waals surface area contributed by atoms with Gasteiger partial charge in [-0.15, -0.1) is 70.3 Å². The van der Waals surface area contributed by atoms with Crippen molar-refractivity contribution in [1.29, 1.82) is 0 Å². The van der Waals surface area contributed by atoms with Gasteiger partial charge >= 0.3 is 0 Å². The molecule has 0 atom stereocenters. The number of hydrogen-bond acceptors (Lipinski definition) is 8. The maximum Gasteiger partial charge on any atom is 0.222 e. The average Bonchev–Trinajstić information content (AvgIpc) is 3.81. The molecule has 0 aliphatic heterocycles. The fourth-order valence-corrected chi connectivity index (χ4v) is 7.35. The molecule has 0 fully saturated rings. The van der Waals surface area contributed by atoms with E-state index in [1.807, 2.05) is 25.3 Å². The van der Waals surface area contributed by atoms with Crippen molar-refractivity contribution >= 4 is 113 Å². The fraction of sp³-hybridized carbons (Fsp3) is 0.250. The predicted molar refractivity (Wildman–Crippen MR) is 227 cm³/mol. The first-order valence-electron chi connectivity index (χ1n) is 16.6. The van der Waals surface area contributed by atoms with Crippen molar-refractivity contribution in [3.05, 3.63) is 131 Å². The summed E-state index contributed by atoms with van der Waals surface area (Å²) in [5, 5.41) is 5.04. The molecule has 15 heteroatoms. The minimum atomic E-state index is -0.370. The van der Waals surface area contributed by atoms with Crippen LogP contribution in [-0.2, 0) is 14.3 Å². The van der Waals surface area contributed by atoms with Crippen LogP contribution in [0.4, 0.5) is 17.6 Å². The zero-order valence-corrected chi connectivity index (χ0v) is 35.4. The number of thiophene rings is 2. The third-order valence-electron chi connectivity index (χ3n) is 6.59. The normalized spacial score (nSPS) is 10.3. The van der Waals surface area contributed by atoms with Gasteiger partial charge in [0.2, 0.25) is 5.24 Å². The van der Waals surface area contributed by atoms with Crippen molar-refractivity contribution in [3.63, 3.8) is 0 Å². The molecule has 0 unspecified atom stereocenters. The van der Waals surface area contributed by atoms with Crippen LogP contribution in [0.15, 0.2) is 112 Å². The van der Waals surface area contributed by atoms with E-state index in [-0.39, 0.29) is 47.0 Å². The Morgan fingerprint density at radius 2 is 1.27 bits per heavy atom. The Morgan fingerprint density at radius 3 is 1.80 bits per heavy atom. The van der Waals surface area contributed by atoms with Crippen LogP contribution >= 0.6 is 81.9 Å². The SMILES string of the molecule is CCOC(CSc1ccc(F)cc1)OCC.Fc1ccc(S)cc1.Fc1ccc2sccc2c1.O=C(CCCl)c1csc2ccc(F)cc12.O=C(Cl)CCCl. The molecular formula is C40H39Cl3F4O4S4. The second-order valence-electron chi connectivity index (χ2n) is 10.6. The number of thioether (sulfide) groups is 1. The van der Waals surface area contributed by atoms with Crippen LogP contribution in [0.3, 0.4) is 0 Å². The molecular weight excluding hydrogens is 855 g/mol. The minimum Gasteiger partial charge on any atom is -0.352 e. The molecule has 0 saturated carbocycles. The van der Waals surface area contributed by atoms with Gasteiger partial charge in [-0.3, -0.25) is 9.59 Å². The van der Waals surface area contributed by atoms with Gasteiger partial charge in [-0.1, -0.05) is 0 Å². The van der Waals surface area contributed by atoms with E-state index in [1.54, 1.807) is 70.9 Å². The van der Waals surface area contributed by atoms with E-state index in [2.05, 4.69) is 12.6 Å². The fourth-order valence-electron chi connectivity index (χ4n) is 4.10. The molecule has 4 aromatic carbocycles. The molecule has 6 aromatic rings. The first-order chi connectivity index (χ1) is 26.4. The van der Waals surface area contributed by atoms with Crippen molar-refractivity contribution in [1.82, 2.24) is 0 Å². The van der Waals surface area contributed by atoms with E-state index >= 15 is 0 Å². The third-order valence-corrected chi connectivity index (χ3v) is 10.4. The first kappa shape index (κ1) is 48.5. The van der Waals surface area contributed by atoms with Crippen molar-refractivity contribution < 1.29 is 36.6 Å². The second kappa shape index (κ2) is 27.9. The van der Waals surface area contributed by atoms with Crippen molar-refractivity contribution in [3.8, 4) is 0 Å². The highest BCUT2D eigenvalue weighted by molar-refractivity contribution is 7.99. The van der Waals surface area contributed by atoms with Gasteiger partial charge in [0, 0.05) is 79.1 Å². The Balaban J connectivity index is 0.000000248. The number of carbonyl (C=O) groups excluding carboxylic acids is 2. The van der Waals surface area contributed by atoms with E-state index in [0.717, 1.165) is 24.6 Å². The van der Waals surface area contributed by atoms with Crippen molar-refractivity contribution in [2.45, 2.75) is 42.8 Å². The number of Topliss-reactive ketones (excluding diaryl/α,β-unsaturated/α-hetero) is 1. The van der Waals surface area contributed by atoms with Gasteiger partial charge in [0.15, 0.2) is 12.1 Å². The molecule has 4 nitrogen and oxygen atoms in total. The maximum absolute atomic E-state index is 13.0. The lowest BCUT2D eigenvalue weighted by molar-refractivity contribution is -0.120. The minimum absolute atomic E-state index is 0.0261. The predicted octanol–water partition coefficient (Wildman–Crippen LogP) is 13.7. The smallest absolute Gasteiger partial charge is 0.222 e. The van der Waals surface area contributed by atoms with Gasteiger partial charge in [0.25, 0.3) is 0 Å². The van der Waals surface area contributed by atoms with Gasteiger partial charge in [0.05, 0.1) is 0 Å². The summed E-state index contributed by atoms with van der Waals surface area (Å²) in [6.45, 7) is 5.15. The summed E-state index contributed by atoms with van der Waals surface area (Å²) in [7, 11) is 0. The van der Waals surface area contributed by atoms with Crippen LogP contribution in [0.5, 0.6) is 0 Å². The third kappa shape index (κ3) is 19.9. The Hall–Kier alpha value is -2.65. The summed E-state index contributed by atoms with van der Waals surface area (Å²) < 4.78 is 63.1. The lowest BCUT2D eigenvalue weighted by atomic mass is 10.1. The number of fused-ring (bicyclic) bond motifs is 2. The summed E-state index contributed by atoms with van der Waals surface area (Å²) in [5.74, 6) is 0.396. The number of rotatable bonds is 12. The Bertz CT molecular complexity index is 1970. The number of halogens is 7. The van der Waals surface area contributed by atoms with Crippen LogP contribution in [0.1, 0.15) is 37.0 Å². The van der Waals surface area contributed by atoms with Crippen LogP contribution < -0.4 is 0 Å². The molecule has 0 radical (unpaired) electrons. The van der Waals surface area contributed by atoms with Crippen molar-refractivity contribution in [2.24, 2.45) is 0 Å².